The smallest absolute Gasteiger partial charge is 0.253 e. The average Bonchev–Trinajstić information content (AvgIpc) is 3.22. The summed E-state index contributed by atoms with van der Waals surface area (Å²) in [5.41, 5.74) is 7.33. The highest BCUT2D eigenvalue weighted by Crippen LogP contribution is 2.19. The third-order valence-electron chi connectivity index (χ3n) is 5.45. The van der Waals surface area contributed by atoms with Crippen LogP contribution in [0.25, 0.3) is 11.3 Å². The highest BCUT2D eigenvalue weighted by Gasteiger charge is 2.26. The van der Waals surface area contributed by atoms with Gasteiger partial charge in [-0.05, 0) is 37.6 Å². The van der Waals surface area contributed by atoms with Gasteiger partial charge in [-0.2, -0.15) is 0 Å². The van der Waals surface area contributed by atoms with Gasteiger partial charge >= 0.3 is 0 Å². The van der Waals surface area contributed by atoms with E-state index in [9.17, 15) is 4.79 Å². The first-order valence-corrected chi connectivity index (χ1v) is 10.5. The van der Waals surface area contributed by atoms with E-state index in [-0.39, 0.29) is 5.91 Å². The molecule has 0 aliphatic carbocycles. The van der Waals surface area contributed by atoms with Crippen LogP contribution in [0.5, 0.6) is 0 Å². The van der Waals surface area contributed by atoms with Crippen LogP contribution in [0.15, 0.2) is 42.9 Å². The van der Waals surface area contributed by atoms with Crippen molar-refractivity contribution in [3.05, 3.63) is 59.1 Å². The summed E-state index contributed by atoms with van der Waals surface area (Å²) in [7, 11) is 1.82. The second kappa shape index (κ2) is 9.18. The molecule has 0 spiro atoms. The van der Waals surface area contributed by atoms with Crippen LogP contribution in [0.1, 0.15) is 25.5 Å². The molecule has 3 N–H and O–H groups in total. The van der Waals surface area contributed by atoms with Crippen molar-refractivity contribution in [2.45, 2.75) is 32.7 Å². The van der Waals surface area contributed by atoms with Crippen LogP contribution in [0.2, 0.25) is 0 Å². The van der Waals surface area contributed by atoms with Crippen LogP contribution in [0.3, 0.4) is 0 Å². The van der Waals surface area contributed by atoms with E-state index in [2.05, 4.69) is 38.0 Å². The lowest BCUT2D eigenvalue weighted by Gasteiger charge is -2.34. The van der Waals surface area contributed by atoms with Crippen molar-refractivity contribution >= 4 is 28.6 Å². The van der Waals surface area contributed by atoms with Crippen LogP contribution < -0.4 is 26.6 Å². The van der Waals surface area contributed by atoms with Crippen LogP contribution in [0.4, 0.5) is 11.4 Å². The standard InChI is InChI=1S/C23H28N6O2/c1-4-5-19(23(30)27-22-10-17(24-3)12-25-15(22)2)21-7-6-16(11-26-21)20-8-9-29(28-20)18-13-31-14-18/h6-12,18,24,28H,4-5,13-14H2,1-3H3,(H,27,30)/b20-16+,21-19+. The summed E-state index contributed by atoms with van der Waals surface area (Å²) in [5.74, 6) is -0.150. The second-order valence-electron chi connectivity index (χ2n) is 7.66. The van der Waals surface area contributed by atoms with Gasteiger partial charge in [-0.3, -0.25) is 25.2 Å². The zero-order valence-electron chi connectivity index (χ0n) is 18.1. The molecule has 2 aliphatic heterocycles. The first-order valence-electron chi connectivity index (χ1n) is 10.5. The summed E-state index contributed by atoms with van der Waals surface area (Å²) in [6.45, 7) is 5.40. The molecule has 0 atom stereocenters. The number of ether oxygens (including phenoxy) is 1. The summed E-state index contributed by atoms with van der Waals surface area (Å²) in [6, 6.07) is 6.15. The molecule has 0 saturated carbocycles. The van der Waals surface area contributed by atoms with Gasteiger partial charge in [0.15, 0.2) is 0 Å². The van der Waals surface area contributed by atoms with Gasteiger partial charge in [0.2, 0.25) is 0 Å². The monoisotopic (exact) mass is 420 g/mol. The molecule has 1 saturated heterocycles. The zero-order valence-corrected chi connectivity index (χ0v) is 18.1. The number of hydrogen-bond acceptors (Lipinski definition) is 7. The van der Waals surface area contributed by atoms with Crippen LogP contribution in [-0.2, 0) is 9.53 Å². The van der Waals surface area contributed by atoms with E-state index in [1.807, 2.05) is 44.4 Å². The Morgan fingerprint density at radius 2 is 2.13 bits per heavy atom. The summed E-state index contributed by atoms with van der Waals surface area (Å²) in [5, 5.41) is 9.77. The molecule has 8 heteroatoms. The molecular weight excluding hydrogens is 392 g/mol. The average molecular weight is 421 g/mol. The Labute approximate surface area is 181 Å². The zero-order chi connectivity index (χ0) is 21.8. The number of hydrazine groups is 1. The molecular formula is C23H28N6O2. The van der Waals surface area contributed by atoms with E-state index < -0.39 is 0 Å². The Kier molecular flexibility index (Phi) is 6.18. The molecule has 2 aromatic rings. The molecule has 0 bridgehead atoms. The Morgan fingerprint density at radius 1 is 1.29 bits per heavy atom. The number of hydrogen-bond donors (Lipinski definition) is 3. The van der Waals surface area contributed by atoms with E-state index in [1.165, 1.54) is 0 Å². The predicted octanol–water partition coefficient (Wildman–Crippen LogP) is 1.26. The number of nitrogens with zero attached hydrogens (tertiary/aromatic N) is 3. The van der Waals surface area contributed by atoms with Crippen molar-refractivity contribution in [2.75, 3.05) is 30.9 Å². The summed E-state index contributed by atoms with van der Waals surface area (Å²) >= 11 is 0. The molecule has 0 unspecified atom stereocenters. The lowest BCUT2D eigenvalue weighted by atomic mass is 10.1. The van der Waals surface area contributed by atoms with Crippen molar-refractivity contribution in [1.29, 1.82) is 0 Å². The van der Waals surface area contributed by atoms with Crippen molar-refractivity contribution in [3.8, 4) is 0 Å². The summed E-state index contributed by atoms with van der Waals surface area (Å²) in [4.78, 5) is 22.0. The molecule has 0 radical (unpaired) electrons. The number of carbonyl (C=O) groups is 1. The van der Waals surface area contributed by atoms with Crippen molar-refractivity contribution in [1.82, 2.24) is 20.4 Å². The molecule has 31 heavy (non-hydrogen) atoms. The van der Waals surface area contributed by atoms with Crippen LogP contribution >= 0.6 is 0 Å². The third kappa shape index (κ3) is 4.54. The molecule has 0 aromatic carbocycles. The SMILES string of the molecule is CCC/C(C(=O)Nc1cc(NC)cnc1C)=c1/cc/c(=C2/C=CN(C3COC3)N2)cn1. The van der Waals surface area contributed by atoms with Crippen LogP contribution in [0, 0.1) is 6.92 Å². The normalized spacial score (nSPS) is 18.4. The molecule has 1 fully saturated rings. The van der Waals surface area contributed by atoms with Crippen molar-refractivity contribution in [3.63, 3.8) is 0 Å². The molecule has 2 aliphatic rings. The molecule has 2 aromatic heterocycles. The van der Waals surface area contributed by atoms with Gasteiger partial charge in [0, 0.05) is 30.2 Å². The molecule has 4 rings (SSSR count). The fourth-order valence-corrected chi connectivity index (χ4v) is 3.46. The Morgan fingerprint density at radius 3 is 2.77 bits per heavy atom. The summed E-state index contributed by atoms with van der Waals surface area (Å²) in [6.07, 6.45) is 9.09. The predicted molar refractivity (Wildman–Crippen MR) is 121 cm³/mol. The van der Waals surface area contributed by atoms with Gasteiger partial charge in [0.25, 0.3) is 5.91 Å². The quantitative estimate of drug-likeness (QED) is 0.648. The van der Waals surface area contributed by atoms with E-state index in [4.69, 9.17) is 4.74 Å². The number of rotatable bonds is 6. The fourth-order valence-electron chi connectivity index (χ4n) is 3.46. The lowest BCUT2D eigenvalue weighted by Crippen LogP contribution is -2.50. The number of pyridine rings is 2. The van der Waals surface area contributed by atoms with Gasteiger partial charge in [0.05, 0.1) is 53.6 Å². The molecule has 4 heterocycles. The number of aryl methyl sites for hydroxylation is 1. The van der Waals surface area contributed by atoms with Crippen molar-refractivity contribution in [2.24, 2.45) is 0 Å². The van der Waals surface area contributed by atoms with Gasteiger partial charge in [-0.1, -0.05) is 13.3 Å². The Hall–Kier alpha value is -3.39. The van der Waals surface area contributed by atoms with Crippen molar-refractivity contribution < 1.29 is 9.53 Å². The topological polar surface area (TPSA) is 91.4 Å². The number of amides is 1. The minimum absolute atomic E-state index is 0.150. The minimum atomic E-state index is -0.150. The van der Waals surface area contributed by atoms with Gasteiger partial charge in [0.1, 0.15) is 0 Å². The Balaban J connectivity index is 1.59. The highest BCUT2D eigenvalue weighted by atomic mass is 16.5. The fraction of sp³-hybridized carbons (Fsp3) is 0.348. The number of aromatic nitrogens is 2. The number of carbonyl (C=O) groups excluding carboxylic acids is 1. The largest absolute Gasteiger partial charge is 0.387 e. The van der Waals surface area contributed by atoms with E-state index >= 15 is 0 Å². The van der Waals surface area contributed by atoms with Gasteiger partial charge in [-0.25, -0.2) is 0 Å². The number of anilines is 2. The first-order chi connectivity index (χ1) is 15.1. The molecule has 8 nitrogen and oxygen atoms in total. The second-order valence-corrected chi connectivity index (χ2v) is 7.66. The number of nitrogens with one attached hydrogen (secondary N) is 3. The maximum Gasteiger partial charge on any atom is 0.253 e. The molecule has 162 valence electrons. The molecule has 1 amide bonds. The Bertz CT molecular complexity index is 1100. The lowest BCUT2D eigenvalue weighted by molar-refractivity contribution is -0.111. The van der Waals surface area contributed by atoms with Crippen LogP contribution in [-0.4, -0.2) is 47.2 Å². The van der Waals surface area contributed by atoms with Gasteiger partial charge in [-0.15, -0.1) is 0 Å². The maximum atomic E-state index is 13.1. The van der Waals surface area contributed by atoms with E-state index in [1.54, 1.807) is 12.4 Å². The van der Waals surface area contributed by atoms with Gasteiger partial charge < -0.3 is 15.4 Å². The minimum Gasteiger partial charge on any atom is -0.387 e. The summed E-state index contributed by atoms with van der Waals surface area (Å²) < 4.78 is 5.25. The highest BCUT2D eigenvalue weighted by molar-refractivity contribution is 6.20. The maximum absolute atomic E-state index is 13.1. The van der Waals surface area contributed by atoms with E-state index in [0.717, 1.165) is 41.9 Å². The first kappa shape index (κ1) is 20.9. The third-order valence-corrected chi connectivity index (χ3v) is 5.45. The van der Waals surface area contributed by atoms with E-state index in [0.29, 0.717) is 29.1 Å².